The average Bonchev–Trinajstić information content (AvgIpc) is 2.42. The first-order valence-corrected chi connectivity index (χ1v) is 4.80. The van der Waals surface area contributed by atoms with Crippen molar-refractivity contribution >= 4 is 0 Å². The summed E-state index contributed by atoms with van der Waals surface area (Å²) in [6.07, 6.45) is 12.5. The molecule has 0 atom stereocenters. The van der Waals surface area contributed by atoms with Crippen molar-refractivity contribution in [2.45, 2.75) is 47.0 Å². The van der Waals surface area contributed by atoms with Crippen LogP contribution in [0.15, 0.2) is 24.3 Å². The summed E-state index contributed by atoms with van der Waals surface area (Å²) in [4.78, 5) is 0. The summed E-state index contributed by atoms with van der Waals surface area (Å²) in [7, 11) is 0. The van der Waals surface area contributed by atoms with Crippen molar-refractivity contribution in [3.8, 4) is 0 Å². The molecule has 0 spiro atoms. The van der Waals surface area contributed by atoms with Gasteiger partial charge in [0.1, 0.15) is 0 Å². The lowest BCUT2D eigenvalue weighted by Gasteiger charge is -1.76. The van der Waals surface area contributed by atoms with Crippen LogP contribution in [0, 0.1) is 0 Å². The van der Waals surface area contributed by atoms with Gasteiger partial charge in [0.2, 0.25) is 0 Å². The van der Waals surface area contributed by atoms with E-state index in [2.05, 4.69) is 24.3 Å². The molecule has 0 bridgehead atoms. The Labute approximate surface area is 72.0 Å². The molecule has 0 aromatic carbocycles. The molecule has 1 rings (SSSR count). The van der Waals surface area contributed by atoms with Crippen LogP contribution in [0.1, 0.15) is 47.0 Å². The third-order valence-electron chi connectivity index (χ3n) is 1.11. The smallest absolute Gasteiger partial charge is 0.0169 e. The van der Waals surface area contributed by atoms with Crippen LogP contribution in [0.25, 0.3) is 0 Å². The van der Waals surface area contributed by atoms with E-state index in [1.54, 1.807) is 0 Å². The molecule has 11 heavy (non-hydrogen) atoms. The summed E-state index contributed by atoms with van der Waals surface area (Å²) in [5.41, 5.74) is 0. The highest BCUT2D eigenvalue weighted by atomic mass is 13.9. The predicted molar refractivity (Wildman–Crippen MR) is 54.8 cm³/mol. The first kappa shape index (κ1) is 13.1. The van der Waals surface area contributed by atoms with Gasteiger partial charge in [-0.3, -0.25) is 0 Å². The van der Waals surface area contributed by atoms with Crippen molar-refractivity contribution in [1.29, 1.82) is 0 Å². The van der Waals surface area contributed by atoms with E-state index in [1.807, 2.05) is 27.7 Å². The zero-order chi connectivity index (χ0) is 8.95. The first-order valence-electron chi connectivity index (χ1n) is 4.80. The maximum atomic E-state index is 2.24. The lowest BCUT2D eigenvalue weighted by atomic mass is 10.3. The van der Waals surface area contributed by atoms with Crippen molar-refractivity contribution in [2.75, 3.05) is 0 Å². The maximum absolute atomic E-state index is 2.24. The maximum Gasteiger partial charge on any atom is -0.0169 e. The highest BCUT2D eigenvalue weighted by Crippen LogP contribution is 2.00. The third kappa shape index (κ3) is 12.6. The Bertz CT molecular complexity index is 76.2. The molecular weight excluding hydrogens is 132 g/mol. The van der Waals surface area contributed by atoms with Crippen molar-refractivity contribution in [1.82, 2.24) is 0 Å². The van der Waals surface area contributed by atoms with Gasteiger partial charge in [0.15, 0.2) is 0 Å². The van der Waals surface area contributed by atoms with E-state index >= 15 is 0 Å². The number of hydrogen-bond donors (Lipinski definition) is 0. The van der Waals surface area contributed by atoms with Crippen molar-refractivity contribution in [3.05, 3.63) is 24.3 Å². The highest BCUT2D eigenvalue weighted by molar-refractivity contribution is 4.97. The second kappa shape index (κ2) is 16.2. The van der Waals surface area contributed by atoms with Gasteiger partial charge in [0, 0.05) is 0 Å². The van der Waals surface area contributed by atoms with Gasteiger partial charge in [-0.2, -0.15) is 0 Å². The summed E-state index contributed by atoms with van der Waals surface area (Å²) in [6.45, 7) is 8.00. The molecule has 1 aliphatic carbocycles. The zero-order valence-electron chi connectivity index (χ0n) is 8.43. The lowest BCUT2D eigenvalue weighted by molar-refractivity contribution is 1.06. The van der Waals surface area contributed by atoms with Crippen LogP contribution in [0.2, 0.25) is 0 Å². The average molecular weight is 154 g/mol. The minimum Gasteiger partial charge on any atom is -0.0879 e. The van der Waals surface area contributed by atoms with Crippen LogP contribution >= 0.6 is 0 Å². The van der Waals surface area contributed by atoms with Crippen LogP contribution < -0.4 is 0 Å². The Morgan fingerprint density at radius 2 is 1.00 bits per heavy atom. The highest BCUT2D eigenvalue weighted by Gasteiger charge is 1.79. The van der Waals surface area contributed by atoms with E-state index in [0.717, 1.165) is 6.42 Å². The van der Waals surface area contributed by atoms with Gasteiger partial charge in [-0.15, -0.1) is 0 Å². The van der Waals surface area contributed by atoms with Gasteiger partial charge in [0.05, 0.1) is 0 Å². The molecule has 0 heteroatoms. The van der Waals surface area contributed by atoms with Crippen LogP contribution in [-0.2, 0) is 0 Å². The Morgan fingerprint density at radius 1 is 0.636 bits per heavy atom. The molecule has 0 radical (unpaired) electrons. The fourth-order valence-corrected chi connectivity index (χ4v) is 0.699. The molecule has 0 heterocycles. The molecule has 0 aliphatic heterocycles. The van der Waals surface area contributed by atoms with Gasteiger partial charge in [-0.1, -0.05) is 52.0 Å². The molecule has 0 saturated heterocycles. The minimum atomic E-state index is 1.14. The fraction of sp³-hybridized carbons (Fsp3) is 0.636. The molecule has 0 N–H and O–H groups in total. The van der Waals surface area contributed by atoms with E-state index in [0.29, 0.717) is 0 Å². The number of allylic oxidation sites excluding steroid dienone is 4. The van der Waals surface area contributed by atoms with Crippen LogP contribution in [0.5, 0.6) is 0 Å². The fourth-order valence-electron chi connectivity index (χ4n) is 0.699. The molecule has 1 aliphatic rings. The number of rotatable bonds is 0. The molecule has 66 valence electrons. The third-order valence-corrected chi connectivity index (χ3v) is 1.11. The van der Waals surface area contributed by atoms with Gasteiger partial charge in [0.25, 0.3) is 0 Å². The first-order chi connectivity index (χ1) is 5.50. The second-order valence-corrected chi connectivity index (χ2v) is 1.76. The van der Waals surface area contributed by atoms with E-state index < -0.39 is 0 Å². The Hall–Kier alpha value is -0.520. The molecule has 0 fully saturated rings. The largest absolute Gasteiger partial charge is 0.0879 e. The van der Waals surface area contributed by atoms with Gasteiger partial charge >= 0.3 is 0 Å². The van der Waals surface area contributed by atoms with E-state index in [4.69, 9.17) is 0 Å². The molecule has 0 aromatic heterocycles. The Balaban J connectivity index is 0. The van der Waals surface area contributed by atoms with Crippen LogP contribution in [-0.4, -0.2) is 0 Å². The van der Waals surface area contributed by atoms with Crippen molar-refractivity contribution < 1.29 is 0 Å². The summed E-state index contributed by atoms with van der Waals surface area (Å²) in [5.74, 6) is 0. The van der Waals surface area contributed by atoms with E-state index in [1.165, 1.54) is 12.8 Å². The summed E-state index contributed by atoms with van der Waals surface area (Å²) in [5, 5.41) is 0. The Kier molecular flexibility index (Phi) is 19.3. The predicted octanol–water partition coefficient (Wildman–Crippen LogP) is 4.34. The number of hydrogen-bond acceptors (Lipinski definition) is 0. The van der Waals surface area contributed by atoms with Crippen LogP contribution in [0.4, 0.5) is 0 Å². The van der Waals surface area contributed by atoms with Crippen molar-refractivity contribution in [3.63, 3.8) is 0 Å². The summed E-state index contributed by atoms with van der Waals surface area (Å²) >= 11 is 0. The topological polar surface area (TPSA) is 0 Å². The van der Waals surface area contributed by atoms with Crippen molar-refractivity contribution in [2.24, 2.45) is 0 Å². The van der Waals surface area contributed by atoms with Gasteiger partial charge in [-0.05, 0) is 19.3 Å². The summed E-state index contributed by atoms with van der Waals surface area (Å²) in [6, 6.07) is 0. The second-order valence-electron chi connectivity index (χ2n) is 1.76. The van der Waals surface area contributed by atoms with Gasteiger partial charge in [-0.25, -0.2) is 0 Å². The minimum absolute atomic E-state index is 1.14. The Morgan fingerprint density at radius 3 is 1.36 bits per heavy atom. The molecular formula is C11H22. The van der Waals surface area contributed by atoms with Crippen LogP contribution in [0.3, 0.4) is 0 Å². The normalized spacial score (nSPS) is 13.5. The monoisotopic (exact) mass is 154 g/mol. The molecule has 0 aromatic rings. The summed E-state index contributed by atoms with van der Waals surface area (Å²) < 4.78 is 0. The van der Waals surface area contributed by atoms with E-state index in [9.17, 15) is 0 Å². The molecule has 0 nitrogen and oxygen atoms in total. The molecule has 0 unspecified atom stereocenters. The van der Waals surface area contributed by atoms with E-state index in [-0.39, 0.29) is 0 Å². The zero-order valence-corrected chi connectivity index (χ0v) is 8.43. The van der Waals surface area contributed by atoms with Gasteiger partial charge < -0.3 is 0 Å². The molecule has 0 saturated carbocycles. The SMILES string of the molecule is C1=CCCC=CC1.CC.CC. The molecule has 0 amide bonds. The quantitative estimate of drug-likeness (QED) is 0.455. The standard InChI is InChI=1S/C7H10.2C2H6/c1-2-4-6-7-5-3-1;2*1-2/h1-2,5,7H,3-4,6H2;2*1-2H3. The lowest BCUT2D eigenvalue weighted by Crippen LogP contribution is -1.56.